The molecule has 142 valence electrons. The van der Waals surface area contributed by atoms with Gasteiger partial charge in [-0.2, -0.15) is 0 Å². The summed E-state index contributed by atoms with van der Waals surface area (Å²) >= 11 is 5.98. The van der Waals surface area contributed by atoms with E-state index < -0.39 is 0 Å². The number of aromatic amines is 1. The Kier molecular flexibility index (Phi) is 4.65. The third-order valence-corrected chi connectivity index (χ3v) is 4.94. The number of hydrogen-bond acceptors (Lipinski definition) is 4. The minimum Gasteiger partial charge on any atom is -0.383 e. The van der Waals surface area contributed by atoms with Crippen molar-refractivity contribution >= 4 is 29.1 Å². The summed E-state index contributed by atoms with van der Waals surface area (Å²) in [4.78, 5) is 32.5. The Morgan fingerprint density at radius 3 is 2.68 bits per heavy atom. The highest BCUT2D eigenvalue weighted by molar-refractivity contribution is 6.31. The van der Waals surface area contributed by atoms with E-state index in [9.17, 15) is 9.59 Å². The fourth-order valence-corrected chi connectivity index (χ4v) is 3.16. The second-order valence-corrected chi connectivity index (χ2v) is 7.40. The lowest BCUT2D eigenvalue weighted by Gasteiger charge is -2.07. The van der Waals surface area contributed by atoms with Crippen LogP contribution in [0.3, 0.4) is 0 Å². The summed E-state index contributed by atoms with van der Waals surface area (Å²) in [6.45, 7) is 1.91. The first kappa shape index (κ1) is 18.3. The Hall–Kier alpha value is -3.12. The first-order valence-electron chi connectivity index (χ1n) is 9.00. The molecule has 1 saturated carbocycles. The number of halogens is 1. The highest BCUT2D eigenvalue weighted by atomic mass is 35.5. The molecule has 3 aromatic rings. The predicted molar refractivity (Wildman–Crippen MR) is 109 cm³/mol. The Labute approximate surface area is 167 Å². The zero-order valence-corrected chi connectivity index (χ0v) is 16.0. The van der Waals surface area contributed by atoms with Gasteiger partial charge in [-0.05, 0) is 49.6 Å². The molecule has 0 spiro atoms. The maximum Gasteiger partial charge on any atom is 0.251 e. The normalized spacial score (nSPS) is 13.4. The van der Waals surface area contributed by atoms with Crippen LogP contribution in [-0.2, 0) is 0 Å². The summed E-state index contributed by atoms with van der Waals surface area (Å²) < 4.78 is 0. The number of anilines is 1. The summed E-state index contributed by atoms with van der Waals surface area (Å²) in [6, 6.07) is 12.3. The molecule has 0 unspecified atom stereocenters. The quantitative estimate of drug-likeness (QED) is 0.573. The molecule has 0 bridgehead atoms. The number of aryl methyl sites for hydroxylation is 1. The second kappa shape index (κ2) is 7.13. The lowest BCUT2D eigenvalue weighted by molar-refractivity contribution is 0.0950. The fourth-order valence-electron chi connectivity index (χ4n) is 2.97. The van der Waals surface area contributed by atoms with Crippen LogP contribution in [0.4, 0.5) is 5.82 Å². The Bertz CT molecular complexity index is 1090. The lowest BCUT2D eigenvalue weighted by Crippen LogP contribution is -2.25. The molecule has 4 N–H and O–H groups in total. The molecule has 7 heteroatoms. The number of carbonyl (C=O) groups excluding carboxylic acids is 2. The Morgan fingerprint density at radius 1 is 1.18 bits per heavy atom. The van der Waals surface area contributed by atoms with E-state index in [4.69, 9.17) is 17.3 Å². The SMILES string of the molecule is Cc1ccc(C(=O)NC2CC2)cc1-c1nc(C(=O)c2cccc(Cl)c2)c(N)[nH]1. The molecule has 6 nitrogen and oxygen atoms in total. The summed E-state index contributed by atoms with van der Waals surface area (Å²) in [5, 5.41) is 3.43. The predicted octanol–water partition coefficient (Wildman–Crippen LogP) is 3.74. The molecule has 0 radical (unpaired) electrons. The first-order valence-corrected chi connectivity index (χ1v) is 9.38. The van der Waals surface area contributed by atoms with Gasteiger partial charge in [-0.1, -0.05) is 29.8 Å². The van der Waals surface area contributed by atoms with Crippen LogP contribution < -0.4 is 11.1 Å². The van der Waals surface area contributed by atoms with Crippen molar-refractivity contribution in [3.05, 3.63) is 69.9 Å². The van der Waals surface area contributed by atoms with Gasteiger partial charge in [0.05, 0.1) is 0 Å². The summed E-state index contributed by atoms with van der Waals surface area (Å²) in [6.07, 6.45) is 2.04. The van der Waals surface area contributed by atoms with Crippen molar-refractivity contribution in [2.75, 3.05) is 5.73 Å². The summed E-state index contributed by atoms with van der Waals surface area (Å²) in [5.41, 5.74) is 8.75. The molecule has 4 rings (SSSR count). The number of benzene rings is 2. The number of ketones is 1. The average Bonchev–Trinajstić information content (AvgIpc) is 3.40. The molecule has 0 saturated heterocycles. The maximum absolute atomic E-state index is 12.8. The summed E-state index contributed by atoms with van der Waals surface area (Å²) in [5.74, 6) is 0.190. The van der Waals surface area contributed by atoms with Gasteiger partial charge >= 0.3 is 0 Å². The van der Waals surface area contributed by atoms with Gasteiger partial charge in [-0.3, -0.25) is 9.59 Å². The third-order valence-electron chi connectivity index (χ3n) is 4.70. The van der Waals surface area contributed by atoms with E-state index in [1.807, 2.05) is 13.0 Å². The van der Waals surface area contributed by atoms with E-state index in [2.05, 4.69) is 15.3 Å². The lowest BCUT2D eigenvalue weighted by atomic mass is 10.0. The van der Waals surface area contributed by atoms with Crippen molar-refractivity contribution in [3.63, 3.8) is 0 Å². The molecule has 2 aromatic carbocycles. The molecule has 0 aliphatic heterocycles. The van der Waals surface area contributed by atoms with Gasteiger partial charge in [-0.15, -0.1) is 0 Å². The largest absolute Gasteiger partial charge is 0.383 e. The van der Waals surface area contributed by atoms with Gasteiger partial charge in [0.25, 0.3) is 5.91 Å². The van der Waals surface area contributed by atoms with Crippen molar-refractivity contribution < 1.29 is 9.59 Å². The van der Waals surface area contributed by atoms with Crippen LogP contribution in [0.5, 0.6) is 0 Å². The molecule has 1 amide bonds. The van der Waals surface area contributed by atoms with E-state index in [1.54, 1.807) is 36.4 Å². The molecule has 1 heterocycles. The Balaban J connectivity index is 1.67. The fraction of sp³-hybridized carbons (Fsp3) is 0.190. The number of H-pyrrole nitrogens is 1. The number of carbonyl (C=O) groups is 2. The van der Waals surface area contributed by atoms with Crippen molar-refractivity contribution in [1.82, 2.24) is 15.3 Å². The van der Waals surface area contributed by atoms with Gasteiger partial charge in [-0.25, -0.2) is 4.98 Å². The minimum atomic E-state index is -0.317. The van der Waals surface area contributed by atoms with Crippen molar-refractivity contribution in [2.24, 2.45) is 0 Å². The second-order valence-electron chi connectivity index (χ2n) is 6.96. The molecule has 28 heavy (non-hydrogen) atoms. The van der Waals surface area contributed by atoms with E-state index >= 15 is 0 Å². The van der Waals surface area contributed by atoms with Crippen LogP contribution in [0.25, 0.3) is 11.4 Å². The highest BCUT2D eigenvalue weighted by Crippen LogP contribution is 2.27. The minimum absolute atomic E-state index is 0.112. The zero-order valence-electron chi connectivity index (χ0n) is 15.3. The number of nitrogens with zero attached hydrogens (tertiary/aromatic N) is 1. The maximum atomic E-state index is 12.8. The van der Waals surface area contributed by atoms with Crippen LogP contribution in [-0.4, -0.2) is 27.7 Å². The number of nitrogen functional groups attached to an aromatic ring is 1. The Morgan fingerprint density at radius 2 is 1.96 bits per heavy atom. The number of amides is 1. The summed E-state index contributed by atoms with van der Waals surface area (Å²) in [7, 11) is 0. The standard InChI is InChI=1S/C21H19ClN4O2/c1-11-5-6-13(21(28)24-15-7-8-15)10-16(11)20-25-17(19(23)26-20)18(27)12-3-2-4-14(22)9-12/h2-6,9-10,15H,7-8,23H2,1H3,(H,24,28)(H,25,26). The third kappa shape index (κ3) is 3.64. The van der Waals surface area contributed by atoms with Gasteiger partial charge in [0, 0.05) is 27.8 Å². The highest BCUT2D eigenvalue weighted by Gasteiger charge is 2.24. The number of rotatable bonds is 5. The smallest absolute Gasteiger partial charge is 0.251 e. The number of hydrogen-bond donors (Lipinski definition) is 3. The van der Waals surface area contributed by atoms with Gasteiger partial charge in [0.15, 0.2) is 5.69 Å². The van der Waals surface area contributed by atoms with Gasteiger partial charge in [0.1, 0.15) is 11.6 Å². The number of nitrogens with one attached hydrogen (secondary N) is 2. The van der Waals surface area contributed by atoms with E-state index in [0.717, 1.165) is 24.0 Å². The average molecular weight is 395 g/mol. The van der Waals surface area contributed by atoms with Crippen LogP contribution in [0.1, 0.15) is 44.8 Å². The van der Waals surface area contributed by atoms with Gasteiger partial charge < -0.3 is 16.0 Å². The van der Waals surface area contributed by atoms with Crippen molar-refractivity contribution in [1.29, 1.82) is 0 Å². The first-order chi connectivity index (χ1) is 13.4. The molecule has 1 fully saturated rings. The van der Waals surface area contributed by atoms with E-state index in [-0.39, 0.29) is 29.2 Å². The van der Waals surface area contributed by atoms with Crippen molar-refractivity contribution in [3.8, 4) is 11.4 Å². The topological polar surface area (TPSA) is 101 Å². The number of imidazole rings is 1. The zero-order chi connectivity index (χ0) is 19.8. The van der Waals surface area contributed by atoms with E-state index in [0.29, 0.717) is 22.0 Å². The molecular formula is C21H19ClN4O2. The van der Waals surface area contributed by atoms with E-state index in [1.165, 1.54) is 0 Å². The molecule has 0 atom stereocenters. The molecule has 1 aromatic heterocycles. The van der Waals surface area contributed by atoms with Gasteiger partial charge in [0.2, 0.25) is 5.78 Å². The van der Waals surface area contributed by atoms with Crippen LogP contribution in [0.15, 0.2) is 42.5 Å². The number of nitrogens with two attached hydrogens (primary N) is 1. The van der Waals surface area contributed by atoms with Crippen LogP contribution in [0.2, 0.25) is 5.02 Å². The van der Waals surface area contributed by atoms with Crippen LogP contribution >= 0.6 is 11.6 Å². The molecular weight excluding hydrogens is 376 g/mol. The molecule has 1 aliphatic carbocycles. The molecule has 1 aliphatic rings. The van der Waals surface area contributed by atoms with Crippen LogP contribution in [0, 0.1) is 6.92 Å². The van der Waals surface area contributed by atoms with Crippen molar-refractivity contribution in [2.45, 2.75) is 25.8 Å². The number of aromatic nitrogens is 2. The monoisotopic (exact) mass is 394 g/mol.